The number of benzene rings is 3. The number of carbonyl (C=O) groups excluding carboxylic acids is 2. The molecule has 0 aromatic heterocycles. The van der Waals surface area contributed by atoms with Crippen molar-refractivity contribution in [1.82, 2.24) is 10.2 Å². The number of nitrogens with zero attached hydrogens (tertiary/aromatic N) is 2. The fourth-order valence-corrected chi connectivity index (χ4v) is 5.75. The lowest BCUT2D eigenvalue weighted by Crippen LogP contribution is -2.49. The normalized spacial score (nSPS) is 11.9. The second-order valence-electron chi connectivity index (χ2n) is 9.23. The van der Waals surface area contributed by atoms with Crippen molar-refractivity contribution in [3.05, 3.63) is 94.0 Å². The summed E-state index contributed by atoms with van der Waals surface area (Å²) in [7, 11) is -0.624. The molecule has 0 saturated heterocycles. The predicted octanol–water partition coefficient (Wildman–Crippen LogP) is 4.93. The number of likely N-dealkylation sites (N-methyl/N-ethyl adjacent to an activating group) is 1. The lowest BCUT2D eigenvalue weighted by molar-refractivity contribution is -0.141. The molecule has 0 aliphatic heterocycles. The molecule has 0 fully saturated rings. The molecule has 8 nitrogen and oxygen atoms in total. The van der Waals surface area contributed by atoms with Crippen molar-refractivity contribution in [3.63, 3.8) is 0 Å². The van der Waals surface area contributed by atoms with E-state index in [0.29, 0.717) is 17.2 Å². The Morgan fingerprint density at radius 1 is 0.975 bits per heavy atom. The molecule has 214 valence electrons. The second kappa shape index (κ2) is 14.4. The molecule has 2 amide bonds. The maximum Gasteiger partial charge on any atom is 0.242 e. The van der Waals surface area contributed by atoms with E-state index in [4.69, 9.17) is 27.9 Å². The average molecular weight is 607 g/mol. The SMILES string of the molecule is CNC(=O)C(Cc1ccccc1)N(Cc1cccc(OC)c1)C(=O)CCCN(c1cc(Cl)ccc1Cl)S(C)(=O)=O. The number of nitrogens with one attached hydrogen (secondary N) is 1. The molecule has 40 heavy (non-hydrogen) atoms. The van der Waals surface area contributed by atoms with E-state index in [1.54, 1.807) is 19.2 Å². The van der Waals surface area contributed by atoms with Gasteiger partial charge in [0.05, 0.1) is 24.1 Å². The van der Waals surface area contributed by atoms with Gasteiger partial charge >= 0.3 is 0 Å². The predicted molar refractivity (Wildman–Crippen MR) is 159 cm³/mol. The Balaban J connectivity index is 1.88. The summed E-state index contributed by atoms with van der Waals surface area (Å²) in [5.41, 5.74) is 1.93. The second-order valence-corrected chi connectivity index (χ2v) is 12.0. The molecule has 11 heteroatoms. The van der Waals surface area contributed by atoms with Crippen LogP contribution in [-0.4, -0.2) is 58.1 Å². The molecule has 0 saturated carbocycles. The lowest BCUT2D eigenvalue weighted by Gasteiger charge is -2.31. The number of anilines is 1. The Morgan fingerprint density at radius 3 is 2.33 bits per heavy atom. The van der Waals surface area contributed by atoms with Crippen LogP contribution in [0.15, 0.2) is 72.8 Å². The molecule has 3 aromatic carbocycles. The summed E-state index contributed by atoms with van der Waals surface area (Å²) in [6, 6.07) is 20.5. The van der Waals surface area contributed by atoms with E-state index in [1.165, 1.54) is 24.1 Å². The fourth-order valence-electron chi connectivity index (χ4n) is 4.35. The monoisotopic (exact) mass is 605 g/mol. The van der Waals surface area contributed by atoms with Gasteiger partial charge in [-0.05, 0) is 47.9 Å². The first kappa shape index (κ1) is 31.3. The number of ether oxygens (including phenoxy) is 1. The summed E-state index contributed by atoms with van der Waals surface area (Å²) in [6.45, 7) is 0.165. The van der Waals surface area contributed by atoms with Crippen LogP contribution in [0.25, 0.3) is 0 Å². The molecule has 0 aliphatic rings. The topological polar surface area (TPSA) is 96.0 Å². The zero-order valence-corrected chi connectivity index (χ0v) is 25.0. The van der Waals surface area contributed by atoms with Gasteiger partial charge in [0.2, 0.25) is 21.8 Å². The highest BCUT2D eigenvalue weighted by Gasteiger charge is 2.30. The number of sulfonamides is 1. The van der Waals surface area contributed by atoms with Crippen molar-refractivity contribution in [1.29, 1.82) is 0 Å². The van der Waals surface area contributed by atoms with E-state index in [0.717, 1.165) is 21.7 Å². The zero-order valence-electron chi connectivity index (χ0n) is 22.6. The van der Waals surface area contributed by atoms with E-state index in [2.05, 4.69) is 5.32 Å². The van der Waals surface area contributed by atoms with Gasteiger partial charge < -0.3 is 15.0 Å². The Kier molecular flexibility index (Phi) is 11.2. The van der Waals surface area contributed by atoms with Crippen LogP contribution in [0, 0.1) is 0 Å². The van der Waals surface area contributed by atoms with E-state index in [1.807, 2.05) is 48.5 Å². The molecule has 0 spiro atoms. The molecule has 3 rings (SSSR count). The van der Waals surface area contributed by atoms with Gasteiger partial charge in [0, 0.05) is 38.0 Å². The van der Waals surface area contributed by atoms with Gasteiger partial charge in [-0.3, -0.25) is 13.9 Å². The van der Waals surface area contributed by atoms with Crippen LogP contribution in [0.2, 0.25) is 10.0 Å². The number of hydrogen-bond donors (Lipinski definition) is 1. The Bertz CT molecular complexity index is 1420. The van der Waals surface area contributed by atoms with Crippen molar-refractivity contribution in [3.8, 4) is 5.75 Å². The van der Waals surface area contributed by atoms with Gasteiger partial charge in [0.15, 0.2) is 0 Å². The third-order valence-electron chi connectivity index (χ3n) is 6.33. The molecule has 1 unspecified atom stereocenters. The average Bonchev–Trinajstić information content (AvgIpc) is 2.94. The third-order valence-corrected chi connectivity index (χ3v) is 8.07. The minimum atomic E-state index is -3.72. The summed E-state index contributed by atoms with van der Waals surface area (Å²) in [4.78, 5) is 28.4. The van der Waals surface area contributed by atoms with Crippen LogP contribution in [0.5, 0.6) is 5.75 Å². The summed E-state index contributed by atoms with van der Waals surface area (Å²) >= 11 is 12.4. The first-order valence-corrected chi connectivity index (χ1v) is 15.2. The number of rotatable bonds is 13. The van der Waals surface area contributed by atoms with Crippen molar-refractivity contribution in [2.24, 2.45) is 0 Å². The van der Waals surface area contributed by atoms with Gasteiger partial charge in [-0.1, -0.05) is 65.7 Å². The van der Waals surface area contributed by atoms with Crippen LogP contribution in [-0.2, 0) is 32.6 Å². The van der Waals surface area contributed by atoms with Crippen LogP contribution in [0.1, 0.15) is 24.0 Å². The number of amides is 2. The molecule has 0 bridgehead atoms. The maximum absolute atomic E-state index is 13.7. The number of hydrogen-bond acceptors (Lipinski definition) is 5. The van der Waals surface area contributed by atoms with Gasteiger partial charge in [-0.2, -0.15) is 0 Å². The van der Waals surface area contributed by atoms with Crippen LogP contribution in [0.3, 0.4) is 0 Å². The summed E-state index contributed by atoms with van der Waals surface area (Å²) in [5.74, 6) is 0.0354. The summed E-state index contributed by atoms with van der Waals surface area (Å²) in [5, 5.41) is 3.25. The van der Waals surface area contributed by atoms with Crippen molar-refractivity contribution < 1.29 is 22.7 Å². The van der Waals surface area contributed by atoms with Gasteiger partial charge in [-0.25, -0.2) is 8.42 Å². The molecule has 1 N–H and O–H groups in total. The van der Waals surface area contributed by atoms with E-state index in [9.17, 15) is 18.0 Å². The number of halogens is 2. The molecule has 1 atom stereocenters. The number of carbonyl (C=O) groups is 2. The van der Waals surface area contributed by atoms with E-state index in [-0.39, 0.29) is 48.5 Å². The van der Waals surface area contributed by atoms with E-state index < -0.39 is 16.1 Å². The Morgan fingerprint density at radius 2 is 1.68 bits per heavy atom. The quantitative estimate of drug-likeness (QED) is 0.298. The minimum absolute atomic E-state index is 0.000954. The van der Waals surface area contributed by atoms with Gasteiger partial charge in [0.25, 0.3) is 0 Å². The van der Waals surface area contributed by atoms with Gasteiger partial charge in [0.1, 0.15) is 11.8 Å². The Hall–Kier alpha value is -3.27. The summed E-state index contributed by atoms with van der Waals surface area (Å²) < 4.78 is 31.7. The largest absolute Gasteiger partial charge is 0.497 e. The molecular weight excluding hydrogens is 573 g/mol. The Labute approximate surface area is 245 Å². The molecular formula is C29H33Cl2N3O5S. The molecule has 0 heterocycles. The van der Waals surface area contributed by atoms with Gasteiger partial charge in [-0.15, -0.1) is 0 Å². The first-order chi connectivity index (χ1) is 19.0. The lowest BCUT2D eigenvalue weighted by atomic mass is 10.0. The highest BCUT2D eigenvalue weighted by atomic mass is 35.5. The standard InChI is InChI=1S/C29H33Cl2N3O5S/c1-32-29(36)27(18-21-9-5-4-6-10-21)33(20-22-11-7-12-24(17-22)39-2)28(35)13-8-16-34(40(3,37)38)26-19-23(30)14-15-25(26)31/h4-7,9-12,14-15,17,19,27H,8,13,16,18,20H2,1-3H3,(H,32,36). The van der Waals surface area contributed by atoms with Crippen molar-refractivity contribution in [2.75, 3.05) is 31.3 Å². The zero-order chi connectivity index (χ0) is 29.3. The van der Waals surface area contributed by atoms with Crippen molar-refractivity contribution >= 4 is 50.7 Å². The van der Waals surface area contributed by atoms with Crippen molar-refractivity contribution in [2.45, 2.75) is 31.8 Å². The molecule has 0 aliphatic carbocycles. The maximum atomic E-state index is 13.7. The third kappa shape index (κ3) is 8.61. The summed E-state index contributed by atoms with van der Waals surface area (Å²) in [6.07, 6.45) is 1.57. The first-order valence-electron chi connectivity index (χ1n) is 12.6. The van der Waals surface area contributed by atoms with Crippen LogP contribution < -0.4 is 14.4 Å². The minimum Gasteiger partial charge on any atom is -0.497 e. The molecule has 0 radical (unpaired) electrons. The van der Waals surface area contributed by atoms with E-state index >= 15 is 0 Å². The highest BCUT2D eigenvalue weighted by Crippen LogP contribution is 2.31. The fraction of sp³-hybridized carbons (Fsp3) is 0.310. The molecule has 3 aromatic rings. The van der Waals surface area contributed by atoms with Crippen LogP contribution >= 0.6 is 23.2 Å². The smallest absolute Gasteiger partial charge is 0.242 e. The highest BCUT2D eigenvalue weighted by molar-refractivity contribution is 7.92. The number of methoxy groups -OCH3 is 1. The van der Waals surface area contributed by atoms with Crippen LogP contribution in [0.4, 0.5) is 5.69 Å².